The van der Waals surface area contributed by atoms with Crippen molar-refractivity contribution in [1.82, 2.24) is 0 Å². The molecule has 0 fully saturated rings. The highest BCUT2D eigenvalue weighted by Gasteiger charge is 2.48. The van der Waals surface area contributed by atoms with Gasteiger partial charge in [-0.25, -0.2) is 0 Å². The maximum Gasteiger partial charge on any atom is 0.144 e. The highest BCUT2D eigenvalue weighted by molar-refractivity contribution is 6.22. The van der Waals surface area contributed by atoms with Gasteiger partial charge in [0, 0.05) is 65.0 Å². The third-order valence-corrected chi connectivity index (χ3v) is 16.9. The van der Waals surface area contributed by atoms with Crippen molar-refractivity contribution in [2.75, 3.05) is 0 Å². The molecule has 0 amide bonds. The largest absolute Gasteiger partial charge is 0.456 e. The first-order chi connectivity index (χ1) is 35.2. The number of fused-ring (bicyclic) bond motifs is 23. The molecule has 0 N–H and O–H groups in total. The Morgan fingerprint density at radius 1 is 0.292 bits per heavy atom. The second-order valence-corrected chi connectivity index (χ2v) is 21.5. The molecule has 0 atom stereocenters. The number of benzene rings is 11. The average Bonchev–Trinajstić information content (AvgIpc) is 4.24. The maximum atomic E-state index is 7.10. The van der Waals surface area contributed by atoms with E-state index in [-0.39, 0.29) is 0 Å². The number of hydrogen-bond donors (Lipinski definition) is 0. The van der Waals surface area contributed by atoms with Gasteiger partial charge in [-0.2, -0.15) is 0 Å². The molecule has 4 heteroatoms. The molecule has 338 valence electrons. The summed E-state index contributed by atoms with van der Waals surface area (Å²) in [5, 5.41) is 13.7. The van der Waals surface area contributed by atoms with Gasteiger partial charge in [-0.3, -0.25) is 0 Å². The molecule has 4 nitrogen and oxygen atoms in total. The molecule has 17 rings (SSSR count). The van der Waals surface area contributed by atoms with Crippen molar-refractivity contribution in [2.45, 2.75) is 38.5 Å². The van der Waals surface area contributed by atoms with Crippen LogP contribution in [0.3, 0.4) is 0 Å². The average molecular weight is 923 g/mol. The first kappa shape index (κ1) is 38.9. The molecule has 72 heavy (non-hydrogen) atoms. The lowest BCUT2D eigenvalue weighted by Gasteiger charge is -2.31. The number of furan rings is 4. The van der Waals surface area contributed by atoms with Crippen molar-refractivity contribution < 1.29 is 17.7 Å². The predicted octanol–water partition coefficient (Wildman–Crippen LogP) is 19.5. The molecule has 4 heterocycles. The van der Waals surface area contributed by atoms with E-state index in [1.807, 2.05) is 0 Å². The van der Waals surface area contributed by atoms with Crippen LogP contribution in [0.2, 0.25) is 0 Å². The third-order valence-electron chi connectivity index (χ3n) is 16.9. The fourth-order valence-electron chi connectivity index (χ4n) is 13.6. The van der Waals surface area contributed by atoms with E-state index in [1.165, 1.54) is 66.1 Å². The Hall–Kier alpha value is -8.86. The molecule has 4 aromatic heterocycles. The maximum absolute atomic E-state index is 7.10. The quantitative estimate of drug-likeness (QED) is 0.173. The molecule has 0 bridgehead atoms. The monoisotopic (exact) mass is 922 g/mol. The summed E-state index contributed by atoms with van der Waals surface area (Å²) in [6.45, 7) is 9.65. The van der Waals surface area contributed by atoms with Crippen LogP contribution in [0.1, 0.15) is 49.9 Å². The molecule has 0 unspecified atom stereocenters. The van der Waals surface area contributed by atoms with Gasteiger partial charge >= 0.3 is 0 Å². The number of para-hydroxylation sites is 2. The Morgan fingerprint density at radius 3 is 1.12 bits per heavy atom. The number of rotatable bonds is 2. The van der Waals surface area contributed by atoms with Gasteiger partial charge in [0.2, 0.25) is 0 Å². The van der Waals surface area contributed by atoms with Gasteiger partial charge in [0.15, 0.2) is 0 Å². The lowest BCUT2D eigenvalue weighted by Crippen LogP contribution is -2.24. The van der Waals surface area contributed by atoms with E-state index in [0.29, 0.717) is 0 Å². The molecular formula is C68H42O4. The van der Waals surface area contributed by atoms with Crippen molar-refractivity contribution >= 4 is 109 Å². The van der Waals surface area contributed by atoms with Gasteiger partial charge in [-0.1, -0.05) is 137 Å². The van der Waals surface area contributed by atoms with Crippen molar-refractivity contribution in [3.05, 3.63) is 204 Å². The Labute approximate surface area is 412 Å². The summed E-state index contributed by atoms with van der Waals surface area (Å²) in [4.78, 5) is 0. The summed E-state index contributed by atoms with van der Waals surface area (Å²) >= 11 is 0. The SMILES string of the molecule is CC1(C)c2cc(-c3ccc4c(c3)oc3cc5ccccc5cc34)c3c(oc4ccccc43)c2-c2ccc3c(c21)C(C)(C)c1cc(-c2ccc4c(c2)oc2cc5ccccc5cc24)c2c(oc4ccccc42)c1-3. The second-order valence-electron chi connectivity index (χ2n) is 21.5. The molecule has 0 spiro atoms. The molecule has 0 radical (unpaired) electrons. The Kier molecular flexibility index (Phi) is 7.08. The summed E-state index contributed by atoms with van der Waals surface area (Å²) in [5.41, 5.74) is 20.9. The lowest BCUT2D eigenvalue weighted by atomic mass is 9.72. The first-order valence-corrected chi connectivity index (χ1v) is 25.0. The van der Waals surface area contributed by atoms with Gasteiger partial charge < -0.3 is 17.7 Å². The molecule has 0 saturated carbocycles. The van der Waals surface area contributed by atoms with E-state index in [9.17, 15) is 0 Å². The summed E-state index contributed by atoms with van der Waals surface area (Å²) in [7, 11) is 0. The van der Waals surface area contributed by atoms with Crippen LogP contribution < -0.4 is 0 Å². The Bertz CT molecular complexity index is 4670. The van der Waals surface area contributed by atoms with Crippen LogP contribution in [0.15, 0.2) is 200 Å². The minimum absolute atomic E-state index is 0.395. The molecule has 2 aliphatic rings. The first-order valence-electron chi connectivity index (χ1n) is 25.0. The minimum atomic E-state index is -0.395. The number of hydrogen-bond acceptors (Lipinski definition) is 4. The normalized spacial score (nSPS) is 14.6. The summed E-state index contributed by atoms with van der Waals surface area (Å²) < 4.78 is 27.6. The zero-order chi connectivity index (χ0) is 47.5. The van der Waals surface area contributed by atoms with Gasteiger partial charge in [-0.05, 0) is 150 Å². The van der Waals surface area contributed by atoms with Crippen LogP contribution in [0.25, 0.3) is 154 Å². The zero-order valence-corrected chi connectivity index (χ0v) is 40.0. The van der Waals surface area contributed by atoms with E-state index >= 15 is 0 Å². The zero-order valence-electron chi connectivity index (χ0n) is 40.0. The van der Waals surface area contributed by atoms with Crippen LogP contribution in [0, 0.1) is 0 Å². The molecule has 15 aromatic rings. The molecule has 0 aliphatic heterocycles. The molecule has 11 aromatic carbocycles. The smallest absolute Gasteiger partial charge is 0.144 e. The van der Waals surface area contributed by atoms with Crippen LogP contribution in [0.4, 0.5) is 0 Å². The second kappa shape index (κ2) is 13.1. The van der Waals surface area contributed by atoms with Crippen LogP contribution in [-0.4, -0.2) is 0 Å². The van der Waals surface area contributed by atoms with Crippen molar-refractivity contribution in [2.24, 2.45) is 0 Å². The van der Waals surface area contributed by atoms with Crippen molar-refractivity contribution in [3.8, 4) is 44.5 Å². The van der Waals surface area contributed by atoms with Crippen LogP contribution in [-0.2, 0) is 10.8 Å². The van der Waals surface area contributed by atoms with Gasteiger partial charge in [0.1, 0.15) is 44.7 Å². The third kappa shape index (κ3) is 4.82. The van der Waals surface area contributed by atoms with Crippen LogP contribution in [0.5, 0.6) is 0 Å². The van der Waals surface area contributed by atoms with Gasteiger partial charge in [0.25, 0.3) is 0 Å². The minimum Gasteiger partial charge on any atom is -0.456 e. The topological polar surface area (TPSA) is 52.6 Å². The van der Waals surface area contributed by atoms with Gasteiger partial charge in [-0.15, -0.1) is 0 Å². The van der Waals surface area contributed by atoms with E-state index in [0.717, 1.165) is 110 Å². The Morgan fingerprint density at radius 2 is 0.681 bits per heavy atom. The fraction of sp³-hybridized carbons (Fsp3) is 0.0882. The van der Waals surface area contributed by atoms with Crippen molar-refractivity contribution in [1.29, 1.82) is 0 Å². The van der Waals surface area contributed by atoms with E-state index in [1.54, 1.807) is 0 Å². The van der Waals surface area contributed by atoms with Crippen molar-refractivity contribution in [3.63, 3.8) is 0 Å². The summed E-state index contributed by atoms with van der Waals surface area (Å²) in [6, 6.07) is 66.0. The van der Waals surface area contributed by atoms with E-state index < -0.39 is 10.8 Å². The lowest BCUT2D eigenvalue weighted by molar-refractivity contribution is 0.600. The summed E-state index contributed by atoms with van der Waals surface area (Å²) in [5.74, 6) is 0. The Balaban J connectivity index is 0.882. The van der Waals surface area contributed by atoms with Crippen LogP contribution >= 0.6 is 0 Å². The highest BCUT2D eigenvalue weighted by Crippen LogP contribution is 2.63. The van der Waals surface area contributed by atoms with Gasteiger partial charge in [0.05, 0.1) is 0 Å². The molecular weight excluding hydrogens is 881 g/mol. The summed E-state index contributed by atoms with van der Waals surface area (Å²) in [6.07, 6.45) is 0. The molecule has 0 saturated heterocycles. The standard InChI is InChI=1S/C68H42O4/c1-67(2)51-33-47(39-21-23-41-49-27-35-13-5-7-15-37(35)29-57(49)69-55(41)31-39)59-43-17-9-11-19-53(43)71-65(59)61(51)45-25-26-46-62-52(68(3,4)64(46)63(45)67)34-48(60-44-18-10-12-20-54(44)72-66(60)62)40-22-24-42-50-28-36-14-6-8-16-38(36)30-58(50)70-56(42)32-40/h5-34H,1-4H3. The predicted molar refractivity (Wildman–Crippen MR) is 297 cm³/mol. The fourth-order valence-corrected chi connectivity index (χ4v) is 13.6. The highest BCUT2D eigenvalue weighted by atomic mass is 16.3. The molecule has 2 aliphatic carbocycles. The van der Waals surface area contributed by atoms with E-state index in [2.05, 4.69) is 210 Å². The van der Waals surface area contributed by atoms with E-state index in [4.69, 9.17) is 17.7 Å².